The Balaban J connectivity index is 0.000000130. The minimum Gasteiger partial charge on any atom is -0.481 e. The first-order chi connectivity index (χ1) is 5.65. The number of rotatable bonds is 1. The molecule has 0 saturated heterocycles. The van der Waals surface area contributed by atoms with Crippen LogP contribution < -0.4 is 5.73 Å². The zero-order valence-corrected chi connectivity index (χ0v) is 6.87. The first-order valence-electron chi connectivity index (χ1n) is 3.77. The molecule has 2 aliphatic rings. The van der Waals surface area contributed by atoms with Gasteiger partial charge in [-0.15, -0.1) is 0 Å². The fraction of sp³-hybridized carbons (Fsp3) is 0.222. The second-order valence-corrected chi connectivity index (χ2v) is 2.55. The van der Waals surface area contributed by atoms with E-state index in [9.17, 15) is 4.79 Å². The fourth-order valence-electron chi connectivity index (χ4n) is 0.819. The number of anilines is 1. The second kappa shape index (κ2) is 3.26. The highest BCUT2D eigenvalue weighted by Gasteiger charge is 1.98. The molecule has 64 valence electrons. The van der Waals surface area contributed by atoms with Gasteiger partial charge in [-0.2, -0.15) is 0 Å². The summed E-state index contributed by atoms with van der Waals surface area (Å²) in [6.45, 7) is 1.60. The van der Waals surface area contributed by atoms with Gasteiger partial charge in [0.1, 0.15) is 0 Å². The maximum Gasteiger partial charge on any atom is 0.303 e. The summed E-state index contributed by atoms with van der Waals surface area (Å²) in [5, 5.41) is 10.3. The molecule has 0 atom stereocenters. The molecule has 2 aliphatic carbocycles. The summed E-state index contributed by atoms with van der Waals surface area (Å²) in [6, 6.07) is 6.08. The van der Waals surface area contributed by atoms with Gasteiger partial charge in [0.2, 0.25) is 0 Å². The number of carboxylic acid groups (broad SMARTS) is 1. The van der Waals surface area contributed by atoms with Crippen molar-refractivity contribution in [1.29, 1.82) is 0 Å². The Morgan fingerprint density at radius 1 is 1.58 bits per heavy atom. The van der Waals surface area contributed by atoms with Crippen LogP contribution in [0.15, 0.2) is 18.2 Å². The quantitative estimate of drug-likeness (QED) is 0.627. The van der Waals surface area contributed by atoms with Crippen LogP contribution in [0.2, 0.25) is 0 Å². The third-order valence-corrected chi connectivity index (χ3v) is 1.67. The predicted octanol–water partition coefficient (Wildman–Crippen LogP) is 1.35. The highest BCUT2D eigenvalue weighted by Crippen LogP contribution is 2.16. The van der Waals surface area contributed by atoms with Gasteiger partial charge < -0.3 is 10.8 Å². The molecule has 3 N–H and O–H groups in total. The predicted molar refractivity (Wildman–Crippen MR) is 46.5 cm³/mol. The van der Waals surface area contributed by atoms with E-state index in [1.165, 1.54) is 10.4 Å². The molecule has 0 aromatic heterocycles. The van der Waals surface area contributed by atoms with Crippen LogP contribution in [-0.2, 0) is 4.79 Å². The largest absolute Gasteiger partial charge is 0.481 e. The Labute approximate surface area is 70.1 Å². The van der Waals surface area contributed by atoms with Gasteiger partial charge in [-0.3, -0.25) is 4.79 Å². The van der Waals surface area contributed by atoms with E-state index in [1.807, 2.05) is 12.1 Å². The lowest BCUT2D eigenvalue weighted by Gasteiger charge is -2.03. The molecule has 2 rings (SSSR count). The van der Waals surface area contributed by atoms with Crippen molar-refractivity contribution in [3.05, 3.63) is 28.6 Å². The van der Waals surface area contributed by atoms with E-state index in [4.69, 9.17) is 10.8 Å². The number of hydrogen-bond donors (Lipinski definition) is 2. The standard InChI is InChI=1S/C6H5N.C3H6O2/c7-6-3-4-1-2-5(4)6;1-2-3(4)5/h1-3H,7H2;2H2,1H3,(H,4,5). The van der Waals surface area contributed by atoms with Crippen LogP contribution in [0.3, 0.4) is 0 Å². The molecule has 3 heteroatoms. The van der Waals surface area contributed by atoms with Crippen LogP contribution in [0.25, 0.3) is 0 Å². The van der Waals surface area contributed by atoms with Crippen LogP contribution in [0.1, 0.15) is 13.3 Å². The lowest BCUT2D eigenvalue weighted by Crippen LogP contribution is -1.95. The summed E-state index contributed by atoms with van der Waals surface area (Å²) < 4.78 is 0. The van der Waals surface area contributed by atoms with E-state index >= 15 is 0 Å². The minimum atomic E-state index is -0.745. The molecule has 0 aromatic rings. The van der Waals surface area contributed by atoms with Crippen molar-refractivity contribution >= 4 is 11.7 Å². The number of benzene rings is 1. The van der Waals surface area contributed by atoms with Gasteiger partial charge in [-0.05, 0) is 11.3 Å². The summed E-state index contributed by atoms with van der Waals surface area (Å²) in [5.41, 5.74) is 6.36. The number of carboxylic acids is 1. The zero-order chi connectivity index (χ0) is 9.14. The van der Waals surface area contributed by atoms with Gasteiger partial charge in [0.05, 0.1) is 0 Å². The van der Waals surface area contributed by atoms with Crippen LogP contribution in [0.5, 0.6) is 0 Å². The molecule has 0 bridgehead atoms. The number of nitrogen functional groups attached to an aromatic ring is 1. The maximum absolute atomic E-state index is 9.37. The van der Waals surface area contributed by atoms with Gasteiger partial charge in [0.15, 0.2) is 0 Å². The number of aliphatic carboxylic acids is 1. The molecule has 0 aromatic carbocycles. The van der Waals surface area contributed by atoms with E-state index < -0.39 is 5.97 Å². The van der Waals surface area contributed by atoms with Crippen LogP contribution in [0.4, 0.5) is 5.69 Å². The van der Waals surface area contributed by atoms with E-state index in [1.54, 1.807) is 6.92 Å². The fourth-order valence-corrected chi connectivity index (χ4v) is 0.819. The Bertz CT molecular complexity index is 384. The molecule has 0 amide bonds. The van der Waals surface area contributed by atoms with Gasteiger partial charge in [0, 0.05) is 17.3 Å². The van der Waals surface area contributed by atoms with Crippen LogP contribution >= 0.6 is 0 Å². The van der Waals surface area contributed by atoms with Crippen molar-refractivity contribution in [2.45, 2.75) is 13.3 Å². The molecule has 3 nitrogen and oxygen atoms in total. The summed E-state index contributed by atoms with van der Waals surface area (Å²) in [4.78, 5) is 9.37. The van der Waals surface area contributed by atoms with E-state index in [2.05, 4.69) is 6.07 Å². The molecule has 0 aliphatic heterocycles. The van der Waals surface area contributed by atoms with E-state index in [-0.39, 0.29) is 6.42 Å². The zero-order valence-electron chi connectivity index (χ0n) is 6.87. The molecule has 0 spiro atoms. The summed E-state index contributed by atoms with van der Waals surface area (Å²) in [6.07, 6.45) is 0.222. The Morgan fingerprint density at radius 2 is 2.17 bits per heavy atom. The maximum atomic E-state index is 9.37. The molecular weight excluding hydrogens is 154 g/mol. The van der Waals surface area contributed by atoms with Crippen molar-refractivity contribution < 1.29 is 9.90 Å². The molecule has 0 heterocycles. The summed E-state index contributed by atoms with van der Waals surface area (Å²) in [7, 11) is 0. The van der Waals surface area contributed by atoms with Gasteiger partial charge in [-0.25, -0.2) is 0 Å². The third-order valence-electron chi connectivity index (χ3n) is 1.67. The van der Waals surface area contributed by atoms with Crippen LogP contribution in [-0.4, -0.2) is 11.1 Å². The van der Waals surface area contributed by atoms with Crippen molar-refractivity contribution in [3.8, 4) is 0 Å². The third kappa shape index (κ3) is 1.56. The molecule has 0 fully saturated rings. The van der Waals surface area contributed by atoms with E-state index in [0.717, 1.165) is 5.69 Å². The first kappa shape index (κ1) is 8.59. The number of hydrogen-bond acceptors (Lipinski definition) is 2. The minimum absolute atomic E-state index is 0.222. The Kier molecular flexibility index (Phi) is 2.33. The van der Waals surface area contributed by atoms with Crippen molar-refractivity contribution in [2.75, 3.05) is 5.73 Å². The Morgan fingerprint density at radius 3 is 2.17 bits per heavy atom. The normalized spacial score (nSPS) is 9.75. The van der Waals surface area contributed by atoms with Gasteiger partial charge in [0.25, 0.3) is 0 Å². The molecular formula is C9H11NO2. The van der Waals surface area contributed by atoms with Crippen molar-refractivity contribution in [3.63, 3.8) is 0 Å². The second-order valence-electron chi connectivity index (χ2n) is 2.55. The Hall–Kier alpha value is -1.51. The monoisotopic (exact) mass is 165 g/mol. The highest BCUT2D eigenvalue weighted by atomic mass is 16.4. The molecule has 0 saturated carbocycles. The van der Waals surface area contributed by atoms with Crippen molar-refractivity contribution in [1.82, 2.24) is 0 Å². The average Bonchev–Trinajstić information content (AvgIpc) is 2.00. The summed E-state index contributed by atoms with van der Waals surface area (Å²) >= 11 is 0. The average molecular weight is 165 g/mol. The SMILES string of the molecule is CCC(=O)O.Nc1cc2ccc1=2. The van der Waals surface area contributed by atoms with Gasteiger partial charge in [-0.1, -0.05) is 19.1 Å². The molecule has 0 unspecified atom stereocenters. The number of nitrogens with two attached hydrogens (primary N) is 1. The van der Waals surface area contributed by atoms with Crippen molar-refractivity contribution in [2.24, 2.45) is 0 Å². The lowest BCUT2D eigenvalue weighted by molar-refractivity contribution is -0.136. The van der Waals surface area contributed by atoms with E-state index in [0.29, 0.717) is 0 Å². The summed E-state index contributed by atoms with van der Waals surface area (Å²) in [5.74, 6) is -0.745. The smallest absolute Gasteiger partial charge is 0.303 e. The molecule has 0 radical (unpaired) electrons. The lowest BCUT2D eigenvalue weighted by atomic mass is 10.1. The number of carbonyl (C=O) groups is 1. The first-order valence-corrected chi connectivity index (χ1v) is 3.77. The highest BCUT2D eigenvalue weighted by molar-refractivity contribution is 5.66. The topological polar surface area (TPSA) is 63.3 Å². The molecule has 12 heavy (non-hydrogen) atoms. The van der Waals surface area contributed by atoms with Gasteiger partial charge >= 0.3 is 5.97 Å². The van der Waals surface area contributed by atoms with Crippen LogP contribution in [0, 0.1) is 10.4 Å².